The van der Waals surface area contributed by atoms with Crippen LogP contribution < -0.4 is 5.32 Å². The van der Waals surface area contributed by atoms with Crippen molar-refractivity contribution in [1.29, 1.82) is 0 Å². The molecule has 0 aliphatic heterocycles. The Morgan fingerprint density at radius 3 is 2.53 bits per heavy atom. The number of alkyl halides is 3. The summed E-state index contributed by atoms with van der Waals surface area (Å²) in [6.07, 6.45) is -1.10. The van der Waals surface area contributed by atoms with E-state index in [1.54, 1.807) is 22.9 Å². The molecule has 4 nitrogen and oxygen atoms in total. The minimum absolute atomic E-state index is 0.220. The summed E-state index contributed by atoms with van der Waals surface area (Å²) < 4.78 is 40.2. The average molecular weight is 436 g/mol. The molecule has 0 atom stereocenters. The Balaban J connectivity index is 1.70. The number of hydrogen-bond donors (Lipinski definition) is 1. The van der Waals surface area contributed by atoms with Crippen molar-refractivity contribution in [3.05, 3.63) is 82.1 Å². The van der Waals surface area contributed by atoms with Gasteiger partial charge in [0.05, 0.1) is 28.7 Å². The molecule has 8 heteroatoms. The van der Waals surface area contributed by atoms with Gasteiger partial charge >= 0.3 is 6.18 Å². The highest BCUT2D eigenvalue weighted by molar-refractivity contribution is 6.30. The molecule has 0 aliphatic carbocycles. The summed E-state index contributed by atoms with van der Waals surface area (Å²) in [6, 6.07) is 12.3. The number of halogens is 4. The van der Waals surface area contributed by atoms with Crippen molar-refractivity contribution in [2.45, 2.75) is 32.4 Å². The van der Waals surface area contributed by atoms with E-state index < -0.39 is 11.7 Å². The summed E-state index contributed by atoms with van der Waals surface area (Å²) in [5, 5.41) is 7.74. The number of nitrogens with one attached hydrogen (secondary N) is 1. The number of rotatable bonds is 7. The van der Waals surface area contributed by atoms with Crippen LogP contribution in [0.15, 0.2) is 54.7 Å². The number of hydrogen-bond acceptors (Lipinski definition) is 2. The average Bonchev–Trinajstić information content (AvgIpc) is 3.12. The lowest BCUT2D eigenvalue weighted by Gasteiger charge is -2.11. The smallest absolute Gasteiger partial charge is 0.352 e. The molecule has 30 heavy (non-hydrogen) atoms. The van der Waals surface area contributed by atoms with E-state index in [0.717, 1.165) is 29.9 Å². The van der Waals surface area contributed by atoms with Crippen molar-refractivity contribution in [2.75, 3.05) is 6.54 Å². The van der Waals surface area contributed by atoms with E-state index in [1.807, 2.05) is 19.1 Å². The SMILES string of the molecule is CCCc1c(C(=O)NCCc2cccc(C(F)(F)F)c2)cnn1-c1ccc(Cl)cc1. The molecular weight excluding hydrogens is 415 g/mol. The molecule has 0 saturated carbocycles. The molecule has 3 aromatic rings. The van der Waals surface area contributed by atoms with E-state index in [0.29, 0.717) is 29.0 Å². The van der Waals surface area contributed by atoms with Crippen LogP contribution in [0.4, 0.5) is 13.2 Å². The Kier molecular flexibility index (Phi) is 6.82. The minimum Gasteiger partial charge on any atom is -0.352 e. The molecule has 1 heterocycles. The molecule has 3 rings (SSSR count). The van der Waals surface area contributed by atoms with E-state index in [2.05, 4.69) is 10.4 Å². The molecule has 158 valence electrons. The van der Waals surface area contributed by atoms with Gasteiger partial charge < -0.3 is 5.32 Å². The van der Waals surface area contributed by atoms with Gasteiger partial charge in [0.15, 0.2) is 0 Å². The molecule has 0 fully saturated rings. The van der Waals surface area contributed by atoms with Gasteiger partial charge in [-0.2, -0.15) is 18.3 Å². The van der Waals surface area contributed by atoms with Crippen LogP contribution in [0.1, 0.15) is 40.5 Å². The van der Waals surface area contributed by atoms with Crippen LogP contribution >= 0.6 is 11.6 Å². The predicted octanol–water partition coefficient (Wildman–Crippen LogP) is 5.47. The van der Waals surface area contributed by atoms with Crippen molar-refractivity contribution < 1.29 is 18.0 Å². The van der Waals surface area contributed by atoms with Gasteiger partial charge in [0, 0.05) is 11.6 Å². The number of carbonyl (C=O) groups is 1. The van der Waals surface area contributed by atoms with Crippen LogP contribution in [0.2, 0.25) is 5.02 Å². The Bertz CT molecular complexity index is 1010. The van der Waals surface area contributed by atoms with E-state index in [4.69, 9.17) is 11.6 Å². The number of nitrogens with zero attached hydrogens (tertiary/aromatic N) is 2. The highest BCUT2D eigenvalue weighted by Gasteiger charge is 2.30. The maximum absolute atomic E-state index is 12.8. The molecule has 0 spiro atoms. The van der Waals surface area contributed by atoms with Crippen molar-refractivity contribution in [3.63, 3.8) is 0 Å². The lowest BCUT2D eigenvalue weighted by Crippen LogP contribution is -2.26. The van der Waals surface area contributed by atoms with Gasteiger partial charge in [0.1, 0.15) is 0 Å². The zero-order chi connectivity index (χ0) is 21.7. The second-order valence-electron chi connectivity index (χ2n) is 6.85. The maximum Gasteiger partial charge on any atom is 0.416 e. The second-order valence-corrected chi connectivity index (χ2v) is 7.28. The molecule has 2 aromatic carbocycles. The van der Waals surface area contributed by atoms with Crippen LogP contribution in [0.25, 0.3) is 5.69 Å². The summed E-state index contributed by atoms with van der Waals surface area (Å²) in [7, 11) is 0. The number of amides is 1. The Labute approximate surface area is 177 Å². The highest BCUT2D eigenvalue weighted by Crippen LogP contribution is 2.29. The van der Waals surface area contributed by atoms with E-state index in [1.165, 1.54) is 12.3 Å². The van der Waals surface area contributed by atoms with E-state index in [9.17, 15) is 18.0 Å². The molecular formula is C22H21ClF3N3O. The van der Waals surface area contributed by atoms with Crippen molar-refractivity contribution in [1.82, 2.24) is 15.1 Å². The third-order valence-electron chi connectivity index (χ3n) is 4.63. The normalized spacial score (nSPS) is 11.5. The molecule has 1 amide bonds. The molecule has 0 bridgehead atoms. The van der Waals surface area contributed by atoms with Gasteiger partial charge in [0.2, 0.25) is 0 Å². The quantitative estimate of drug-likeness (QED) is 0.535. The first-order valence-corrected chi connectivity index (χ1v) is 9.94. The van der Waals surface area contributed by atoms with Crippen molar-refractivity contribution in [3.8, 4) is 5.69 Å². The minimum atomic E-state index is -4.38. The third-order valence-corrected chi connectivity index (χ3v) is 4.88. The van der Waals surface area contributed by atoms with E-state index in [-0.39, 0.29) is 12.5 Å². The zero-order valence-electron chi connectivity index (χ0n) is 16.3. The first kappa shape index (κ1) is 21.9. The van der Waals surface area contributed by atoms with Crippen LogP contribution in [0.3, 0.4) is 0 Å². The van der Waals surface area contributed by atoms with Crippen LogP contribution in [0, 0.1) is 0 Å². The van der Waals surface area contributed by atoms with Gasteiger partial charge in [0.25, 0.3) is 5.91 Å². The largest absolute Gasteiger partial charge is 0.416 e. The second kappa shape index (κ2) is 9.34. The Morgan fingerprint density at radius 1 is 1.13 bits per heavy atom. The summed E-state index contributed by atoms with van der Waals surface area (Å²) >= 11 is 5.94. The van der Waals surface area contributed by atoms with Crippen LogP contribution in [-0.4, -0.2) is 22.2 Å². The maximum atomic E-state index is 12.8. The monoisotopic (exact) mass is 435 g/mol. The van der Waals surface area contributed by atoms with Gasteiger partial charge in [-0.1, -0.05) is 43.1 Å². The van der Waals surface area contributed by atoms with Gasteiger partial charge in [-0.3, -0.25) is 4.79 Å². The Morgan fingerprint density at radius 2 is 1.87 bits per heavy atom. The molecule has 0 radical (unpaired) electrons. The summed E-state index contributed by atoms with van der Waals surface area (Å²) in [5.74, 6) is -0.300. The fourth-order valence-corrected chi connectivity index (χ4v) is 3.29. The third kappa shape index (κ3) is 5.21. The first-order valence-electron chi connectivity index (χ1n) is 9.56. The molecule has 0 aliphatic rings. The summed E-state index contributed by atoms with van der Waals surface area (Å²) in [6.45, 7) is 2.23. The lowest BCUT2D eigenvalue weighted by molar-refractivity contribution is -0.137. The van der Waals surface area contributed by atoms with E-state index >= 15 is 0 Å². The van der Waals surface area contributed by atoms with Gasteiger partial charge in [-0.15, -0.1) is 0 Å². The van der Waals surface area contributed by atoms with Crippen molar-refractivity contribution >= 4 is 17.5 Å². The number of carbonyl (C=O) groups excluding carboxylic acids is 1. The fraction of sp³-hybridized carbons (Fsp3) is 0.273. The molecule has 0 unspecified atom stereocenters. The van der Waals surface area contributed by atoms with Crippen LogP contribution in [0.5, 0.6) is 0 Å². The Hall–Kier alpha value is -2.80. The van der Waals surface area contributed by atoms with Crippen LogP contribution in [-0.2, 0) is 19.0 Å². The van der Waals surface area contributed by atoms with Crippen molar-refractivity contribution in [2.24, 2.45) is 0 Å². The summed E-state index contributed by atoms with van der Waals surface area (Å²) in [5.41, 5.74) is 1.84. The number of aromatic nitrogens is 2. The zero-order valence-corrected chi connectivity index (χ0v) is 17.1. The standard InChI is InChI=1S/C22H21ClF3N3O/c1-2-4-20-19(14-28-29(20)18-9-7-17(23)8-10-18)21(30)27-12-11-15-5-3-6-16(13-15)22(24,25)26/h3,5-10,13-14H,2,4,11-12H2,1H3,(H,27,30). The lowest BCUT2D eigenvalue weighted by atomic mass is 10.1. The van der Waals surface area contributed by atoms with Gasteiger partial charge in [-0.05, 0) is 48.7 Å². The molecule has 1 N–H and O–H groups in total. The number of benzene rings is 2. The summed E-state index contributed by atoms with van der Waals surface area (Å²) in [4.78, 5) is 12.7. The molecule has 1 aromatic heterocycles. The highest BCUT2D eigenvalue weighted by atomic mass is 35.5. The molecule has 0 saturated heterocycles. The predicted molar refractivity (Wildman–Crippen MR) is 110 cm³/mol. The topological polar surface area (TPSA) is 46.9 Å². The first-order chi connectivity index (χ1) is 14.3. The fourth-order valence-electron chi connectivity index (χ4n) is 3.16. The van der Waals surface area contributed by atoms with Gasteiger partial charge in [-0.25, -0.2) is 4.68 Å².